The molecule has 0 fully saturated rings. The lowest BCUT2D eigenvalue weighted by molar-refractivity contribution is 0.0697. The molecule has 120 valence electrons. The number of H-pyrrole nitrogens is 1. The Bertz CT molecular complexity index is 604. The Labute approximate surface area is 132 Å². The molecule has 1 heterocycles. The van der Waals surface area contributed by atoms with Crippen molar-refractivity contribution in [2.75, 3.05) is 0 Å². The number of carbonyl (C=O) groups is 1. The molecule has 0 saturated carbocycles. The van der Waals surface area contributed by atoms with E-state index in [0.29, 0.717) is 5.56 Å². The molecule has 2 N–H and O–H groups in total. The van der Waals surface area contributed by atoms with Gasteiger partial charge in [0.1, 0.15) is 5.82 Å². The molecule has 0 radical (unpaired) electrons. The normalized spacial score (nSPS) is 11.1. The smallest absolute Gasteiger partial charge is 0.335 e. The first kappa shape index (κ1) is 16.5. The highest BCUT2D eigenvalue weighted by molar-refractivity contribution is 5.92. The van der Waals surface area contributed by atoms with Crippen LogP contribution in [0.2, 0.25) is 0 Å². The van der Waals surface area contributed by atoms with Crippen LogP contribution in [0.15, 0.2) is 18.2 Å². The lowest BCUT2D eigenvalue weighted by Crippen LogP contribution is -1.94. The van der Waals surface area contributed by atoms with Crippen LogP contribution in [0, 0.1) is 0 Å². The molecule has 0 amide bonds. The molecule has 0 aliphatic heterocycles. The zero-order chi connectivity index (χ0) is 15.8. The van der Waals surface area contributed by atoms with Crippen molar-refractivity contribution in [3.8, 4) is 0 Å². The SMILES string of the molecule is CCCCCCCCCCc1nc2ccc(C(=O)O)cc2[nH]1. The van der Waals surface area contributed by atoms with Crippen LogP contribution in [0.25, 0.3) is 11.0 Å². The maximum absolute atomic E-state index is 11.0. The standard InChI is InChI=1S/C18H26N2O2/c1-2-3-4-5-6-7-8-9-10-17-19-15-12-11-14(18(21)22)13-16(15)20-17/h11-13H,2-10H2,1H3,(H,19,20)(H,21,22). The quantitative estimate of drug-likeness (QED) is 0.611. The van der Waals surface area contributed by atoms with Crippen LogP contribution in [0.4, 0.5) is 0 Å². The molecule has 2 aromatic rings. The zero-order valence-corrected chi connectivity index (χ0v) is 13.4. The molecule has 2 rings (SSSR count). The number of aromatic carboxylic acids is 1. The van der Waals surface area contributed by atoms with Crippen LogP contribution in [0.1, 0.15) is 74.5 Å². The molecular formula is C18H26N2O2. The number of carboxylic acids is 1. The van der Waals surface area contributed by atoms with Crippen LogP contribution in [-0.2, 0) is 6.42 Å². The van der Waals surface area contributed by atoms with E-state index in [4.69, 9.17) is 5.11 Å². The lowest BCUT2D eigenvalue weighted by atomic mass is 10.1. The molecule has 0 bridgehead atoms. The molecule has 22 heavy (non-hydrogen) atoms. The van der Waals surface area contributed by atoms with E-state index >= 15 is 0 Å². The predicted octanol–water partition coefficient (Wildman–Crippen LogP) is 4.94. The third-order valence-electron chi connectivity index (χ3n) is 4.05. The van der Waals surface area contributed by atoms with Gasteiger partial charge in [0.2, 0.25) is 0 Å². The van der Waals surface area contributed by atoms with E-state index < -0.39 is 5.97 Å². The highest BCUT2D eigenvalue weighted by atomic mass is 16.4. The summed E-state index contributed by atoms with van der Waals surface area (Å²) >= 11 is 0. The number of aromatic amines is 1. The summed E-state index contributed by atoms with van der Waals surface area (Å²) in [6.45, 7) is 2.24. The highest BCUT2D eigenvalue weighted by Gasteiger charge is 2.07. The van der Waals surface area contributed by atoms with Crippen molar-refractivity contribution in [2.24, 2.45) is 0 Å². The number of hydrogen-bond donors (Lipinski definition) is 2. The fourth-order valence-corrected chi connectivity index (χ4v) is 2.74. The van der Waals surface area contributed by atoms with Crippen molar-refractivity contribution in [3.05, 3.63) is 29.6 Å². The summed E-state index contributed by atoms with van der Waals surface area (Å²) < 4.78 is 0. The Morgan fingerprint density at radius 2 is 1.77 bits per heavy atom. The number of hydrogen-bond acceptors (Lipinski definition) is 2. The summed E-state index contributed by atoms with van der Waals surface area (Å²) in [5.74, 6) is 0.0599. The van der Waals surface area contributed by atoms with Crippen LogP contribution in [0.5, 0.6) is 0 Å². The second-order valence-electron chi connectivity index (χ2n) is 5.95. The zero-order valence-electron chi connectivity index (χ0n) is 13.4. The second-order valence-corrected chi connectivity index (χ2v) is 5.95. The summed E-state index contributed by atoms with van der Waals surface area (Å²) in [5.41, 5.74) is 1.96. The Kier molecular flexibility index (Phi) is 6.44. The maximum Gasteiger partial charge on any atom is 0.335 e. The van der Waals surface area contributed by atoms with E-state index in [1.54, 1.807) is 18.2 Å². The molecule has 0 atom stereocenters. The average molecular weight is 302 g/mol. The van der Waals surface area contributed by atoms with Crippen molar-refractivity contribution in [3.63, 3.8) is 0 Å². The third kappa shape index (κ3) is 4.86. The van der Waals surface area contributed by atoms with E-state index in [2.05, 4.69) is 16.9 Å². The van der Waals surface area contributed by atoms with E-state index in [0.717, 1.165) is 29.7 Å². The van der Waals surface area contributed by atoms with Gasteiger partial charge in [-0.3, -0.25) is 0 Å². The molecule has 4 nitrogen and oxygen atoms in total. The molecular weight excluding hydrogens is 276 g/mol. The predicted molar refractivity (Wildman–Crippen MR) is 89.4 cm³/mol. The minimum absolute atomic E-state index is 0.301. The largest absolute Gasteiger partial charge is 0.478 e. The number of benzene rings is 1. The van der Waals surface area contributed by atoms with Crippen LogP contribution in [-0.4, -0.2) is 21.0 Å². The van der Waals surface area contributed by atoms with E-state index in [1.165, 1.54) is 44.9 Å². The fourth-order valence-electron chi connectivity index (χ4n) is 2.74. The van der Waals surface area contributed by atoms with E-state index in [-0.39, 0.29) is 0 Å². The second kappa shape index (κ2) is 8.57. The number of fused-ring (bicyclic) bond motifs is 1. The van der Waals surface area contributed by atoms with Gasteiger partial charge in [0.25, 0.3) is 0 Å². The van der Waals surface area contributed by atoms with Gasteiger partial charge >= 0.3 is 5.97 Å². The van der Waals surface area contributed by atoms with Gasteiger partial charge in [-0.05, 0) is 24.6 Å². The molecule has 0 spiro atoms. The Morgan fingerprint density at radius 1 is 1.09 bits per heavy atom. The first-order valence-corrected chi connectivity index (χ1v) is 8.42. The van der Waals surface area contributed by atoms with Crippen molar-refractivity contribution in [1.82, 2.24) is 9.97 Å². The number of nitrogens with one attached hydrogen (secondary N) is 1. The van der Waals surface area contributed by atoms with Crippen molar-refractivity contribution in [1.29, 1.82) is 0 Å². The number of aromatic nitrogens is 2. The maximum atomic E-state index is 11.0. The van der Waals surface area contributed by atoms with Gasteiger partial charge < -0.3 is 10.1 Å². The number of aryl methyl sites for hydroxylation is 1. The van der Waals surface area contributed by atoms with Gasteiger partial charge in [0.15, 0.2) is 0 Å². The number of imidazole rings is 1. The molecule has 0 saturated heterocycles. The molecule has 0 aliphatic carbocycles. The summed E-state index contributed by atoms with van der Waals surface area (Å²) in [5, 5.41) is 8.99. The summed E-state index contributed by atoms with van der Waals surface area (Å²) in [6.07, 6.45) is 11.3. The summed E-state index contributed by atoms with van der Waals surface area (Å²) in [6, 6.07) is 5.03. The van der Waals surface area contributed by atoms with E-state index in [1.807, 2.05) is 0 Å². The fraction of sp³-hybridized carbons (Fsp3) is 0.556. The first-order valence-electron chi connectivity index (χ1n) is 8.42. The van der Waals surface area contributed by atoms with Crippen molar-refractivity contribution >= 4 is 17.0 Å². The van der Waals surface area contributed by atoms with Crippen LogP contribution in [0.3, 0.4) is 0 Å². The molecule has 1 aromatic heterocycles. The summed E-state index contributed by atoms with van der Waals surface area (Å²) in [7, 11) is 0. The number of nitrogens with zero attached hydrogens (tertiary/aromatic N) is 1. The Hall–Kier alpha value is -1.84. The molecule has 0 aliphatic rings. The molecule has 0 unspecified atom stereocenters. The topological polar surface area (TPSA) is 66.0 Å². The number of rotatable bonds is 10. The minimum Gasteiger partial charge on any atom is -0.478 e. The average Bonchev–Trinajstić information content (AvgIpc) is 2.91. The highest BCUT2D eigenvalue weighted by Crippen LogP contribution is 2.16. The minimum atomic E-state index is -0.902. The van der Waals surface area contributed by atoms with Crippen molar-refractivity contribution < 1.29 is 9.90 Å². The Balaban J connectivity index is 1.74. The van der Waals surface area contributed by atoms with E-state index in [9.17, 15) is 4.79 Å². The molecule has 4 heteroatoms. The monoisotopic (exact) mass is 302 g/mol. The Morgan fingerprint density at radius 3 is 2.45 bits per heavy atom. The van der Waals surface area contributed by atoms with Gasteiger partial charge in [0.05, 0.1) is 16.6 Å². The number of unbranched alkanes of at least 4 members (excludes halogenated alkanes) is 7. The molecule has 1 aromatic carbocycles. The van der Waals surface area contributed by atoms with Crippen molar-refractivity contribution in [2.45, 2.75) is 64.7 Å². The van der Waals surface area contributed by atoms with Gasteiger partial charge in [0, 0.05) is 6.42 Å². The van der Waals surface area contributed by atoms with Gasteiger partial charge in [-0.15, -0.1) is 0 Å². The van der Waals surface area contributed by atoms with Gasteiger partial charge in [-0.2, -0.15) is 0 Å². The first-order chi connectivity index (χ1) is 10.7. The lowest BCUT2D eigenvalue weighted by Gasteiger charge is -2.00. The summed E-state index contributed by atoms with van der Waals surface area (Å²) in [4.78, 5) is 18.7. The van der Waals surface area contributed by atoms with Gasteiger partial charge in [-0.25, -0.2) is 9.78 Å². The van der Waals surface area contributed by atoms with Crippen LogP contribution < -0.4 is 0 Å². The van der Waals surface area contributed by atoms with Gasteiger partial charge in [-0.1, -0.05) is 51.9 Å². The number of carboxylic acid groups (broad SMARTS) is 1. The van der Waals surface area contributed by atoms with Crippen LogP contribution >= 0.6 is 0 Å². The third-order valence-corrected chi connectivity index (χ3v) is 4.05.